The molecule has 0 amide bonds. The van der Waals surface area contributed by atoms with Crippen molar-refractivity contribution < 1.29 is 0 Å². The average Bonchev–Trinajstić information content (AvgIpc) is 3.13. The lowest BCUT2D eigenvalue weighted by atomic mass is 10.1. The van der Waals surface area contributed by atoms with Gasteiger partial charge in [0.2, 0.25) is 0 Å². The molecule has 2 aromatic heterocycles. The molecule has 108 valence electrons. The zero-order valence-electron chi connectivity index (χ0n) is 12.0. The maximum Gasteiger partial charge on any atom is 0.124 e. The van der Waals surface area contributed by atoms with Gasteiger partial charge in [0, 0.05) is 0 Å². The molecule has 4 rings (SSSR count). The molecule has 0 fully saturated rings. The quantitative estimate of drug-likeness (QED) is 0.548. The first-order valence-corrected chi connectivity index (χ1v) is 8.65. The lowest BCUT2D eigenvalue weighted by Gasteiger charge is -2.00. The van der Waals surface area contributed by atoms with Crippen LogP contribution in [0.25, 0.3) is 21.3 Å². The summed E-state index contributed by atoms with van der Waals surface area (Å²) in [6.07, 6.45) is 0.769. The minimum Gasteiger partial charge on any atom is -0.241 e. The summed E-state index contributed by atoms with van der Waals surface area (Å²) >= 11 is 3.37. The average molecular weight is 323 g/mol. The first kappa shape index (κ1) is 13.5. The largest absolute Gasteiger partial charge is 0.241 e. The standard InChI is InChI=1S/C17H13N3S2/c1-11-19-20-17(21-11)10-16-18-14-8-7-13(9-15(14)22-16)12-5-3-2-4-6-12/h2-9H,10H2,1H3. The number of nitrogens with zero attached hydrogens (tertiary/aromatic N) is 3. The number of benzene rings is 2. The number of rotatable bonds is 3. The van der Waals surface area contributed by atoms with E-state index in [9.17, 15) is 0 Å². The zero-order chi connectivity index (χ0) is 14.9. The van der Waals surface area contributed by atoms with Gasteiger partial charge in [-0.2, -0.15) is 0 Å². The van der Waals surface area contributed by atoms with E-state index in [1.165, 1.54) is 15.8 Å². The second-order valence-electron chi connectivity index (χ2n) is 5.05. The smallest absolute Gasteiger partial charge is 0.124 e. The molecule has 0 bridgehead atoms. The Hall–Kier alpha value is -2.11. The molecule has 0 atom stereocenters. The number of hydrogen-bond donors (Lipinski definition) is 0. The summed E-state index contributed by atoms with van der Waals surface area (Å²) in [5.74, 6) is 0. The summed E-state index contributed by atoms with van der Waals surface area (Å²) < 4.78 is 1.22. The highest BCUT2D eigenvalue weighted by Crippen LogP contribution is 2.29. The summed E-state index contributed by atoms with van der Waals surface area (Å²) in [7, 11) is 0. The first-order valence-electron chi connectivity index (χ1n) is 7.02. The van der Waals surface area contributed by atoms with Crippen LogP contribution in [0, 0.1) is 6.92 Å². The normalized spacial score (nSPS) is 11.1. The van der Waals surface area contributed by atoms with Crippen LogP contribution >= 0.6 is 22.7 Å². The van der Waals surface area contributed by atoms with Crippen molar-refractivity contribution in [3.63, 3.8) is 0 Å². The summed E-state index contributed by atoms with van der Waals surface area (Å²) in [5.41, 5.74) is 3.52. The minimum absolute atomic E-state index is 0.769. The van der Waals surface area contributed by atoms with E-state index >= 15 is 0 Å². The third-order valence-corrected chi connectivity index (χ3v) is 5.27. The van der Waals surface area contributed by atoms with E-state index in [-0.39, 0.29) is 0 Å². The van der Waals surface area contributed by atoms with Gasteiger partial charge < -0.3 is 0 Å². The topological polar surface area (TPSA) is 38.7 Å². The first-order chi connectivity index (χ1) is 10.8. The summed E-state index contributed by atoms with van der Waals surface area (Å²) in [6, 6.07) is 16.9. The van der Waals surface area contributed by atoms with Crippen molar-refractivity contribution in [1.82, 2.24) is 15.2 Å². The molecular weight excluding hydrogens is 310 g/mol. The van der Waals surface area contributed by atoms with Gasteiger partial charge in [0.15, 0.2) is 0 Å². The van der Waals surface area contributed by atoms with Gasteiger partial charge in [-0.1, -0.05) is 36.4 Å². The van der Waals surface area contributed by atoms with Crippen molar-refractivity contribution in [2.24, 2.45) is 0 Å². The van der Waals surface area contributed by atoms with Crippen LogP contribution in [0.2, 0.25) is 0 Å². The van der Waals surface area contributed by atoms with Gasteiger partial charge in [-0.25, -0.2) is 4.98 Å². The highest BCUT2D eigenvalue weighted by molar-refractivity contribution is 7.18. The maximum absolute atomic E-state index is 4.71. The molecule has 22 heavy (non-hydrogen) atoms. The number of thiazole rings is 1. The SMILES string of the molecule is Cc1nnc(Cc2nc3ccc(-c4ccccc4)cc3s2)s1. The van der Waals surface area contributed by atoms with E-state index in [1.807, 2.05) is 13.0 Å². The molecule has 2 aromatic carbocycles. The fourth-order valence-electron chi connectivity index (χ4n) is 2.40. The highest BCUT2D eigenvalue weighted by atomic mass is 32.1. The van der Waals surface area contributed by atoms with Gasteiger partial charge in [-0.15, -0.1) is 32.9 Å². The second-order valence-corrected chi connectivity index (χ2v) is 7.43. The van der Waals surface area contributed by atoms with Crippen molar-refractivity contribution in [2.75, 3.05) is 0 Å². The number of aromatic nitrogens is 3. The van der Waals surface area contributed by atoms with Crippen molar-refractivity contribution in [2.45, 2.75) is 13.3 Å². The van der Waals surface area contributed by atoms with Crippen molar-refractivity contribution in [3.8, 4) is 11.1 Å². The van der Waals surface area contributed by atoms with Crippen molar-refractivity contribution in [3.05, 3.63) is 63.6 Å². The Balaban J connectivity index is 1.69. The Labute approximate surface area is 136 Å². The second kappa shape index (κ2) is 5.59. The number of hydrogen-bond acceptors (Lipinski definition) is 5. The molecule has 0 N–H and O–H groups in total. The Morgan fingerprint density at radius 1 is 0.864 bits per heavy atom. The predicted octanol–water partition coefficient (Wildman–Crippen LogP) is 4.71. The zero-order valence-corrected chi connectivity index (χ0v) is 13.6. The van der Waals surface area contributed by atoms with Gasteiger partial charge in [-0.3, -0.25) is 0 Å². The minimum atomic E-state index is 0.769. The molecule has 3 nitrogen and oxygen atoms in total. The van der Waals surface area contributed by atoms with Gasteiger partial charge in [0.1, 0.15) is 15.0 Å². The van der Waals surface area contributed by atoms with Crippen LogP contribution in [0.4, 0.5) is 0 Å². The van der Waals surface area contributed by atoms with E-state index in [1.54, 1.807) is 22.7 Å². The van der Waals surface area contributed by atoms with E-state index in [4.69, 9.17) is 4.98 Å². The predicted molar refractivity (Wildman–Crippen MR) is 92.5 cm³/mol. The summed E-state index contributed by atoms with van der Waals surface area (Å²) in [5, 5.41) is 11.4. The Morgan fingerprint density at radius 3 is 2.50 bits per heavy atom. The molecule has 0 aliphatic carbocycles. The molecule has 0 aliphatic rings. The molecule has 0 aliphatic heterocycles. The number of fused-ring (bicyclic) bond motifs is 1. The maximum atomic E-state index is 4.71. The molecule has 0 saturated carbocycles. The lowest BCUT2D eigenvalue weighted by molar-refractivity contribution is 0.977. The van der Waals surface area contributed by atoms with Crippen LogP contribution in [-0.2, 0) is 6.42 Å². The third kappa shape index (κ3) is 2.65. The molecular formula is C17H13N3S2. The molecule has 0 radical (unpaired) electrons. The van der Waals surface area contributed by atoms with Crippen LogP contribution in [-0.4, -0.2) is 15.2 Å². The van der Waals surface area contributed by atoms with Gasteiger partial charge in [-0.05, 0) is 30.2 Å². The summed E-state index contributed by atoms with van der Waals surface area (Å²) in [4.78, 5) is 4.71. The van der Waals surface area contributed by atoms with Crippen LogP contribution in [0.15, 0.2) is 48.5 Å². The monoisotopic (exact) mass is 323 g/mol. The van der Waals surface area contributed by atoms with Gasteiger partial charge in [0.25, 0.3) is 0 Å². The Morgan fingerprint density at radius 2 is 1.73 bits per heavy atom. The van der Waals surface area contributed by atoms with Gasteiger partial charge in [0.05, 0.1) is 16.6 Å². The fraction of sp³-hybridized carbons (Fsp3) is 0.118. The van der Waals surface area contributed by atoms with Crippen molar-refractivity contribution >= 4 is 32.9 Å². The Bertz CT molecular complexity index is 925. The van der Waals surface area contributed by atoms with Crippen LogP contribution in [0.5, 0.6) is 0 Å². The molecule has 4 aromatic rings. The fourth-order valence-corrected chi connectivity index (χ4v) is 4.21. The van der Waals surface area contributed by atoms with Crippen LogP contribution in [0.3, 0.4) is 0 Å². The van der Waals surface area contributed by atoms with Crippen LogP contribution in [0.1, 0.15) is 15.0 Å². The molecule has 5 heteroatoms. The molecule has 0 unspecified atom stereocenters. The lowest BCUT2D eigenvalue weighted by Crippen LogP contribution is -1.85. The third-order valence-electron chi connectivity index (χ3n) is 3.41. The summed E-state index contributed by atoms with van der Waals surface area (Å²) in [6.45, 7) is 1.98. The molecule has 0 spiro atoms. The van der Waals surface area contributed by atoms with E-state index < -0.39 is 0 Å². The Kier molecular flexibility index (Phi) is 3.44. The highest BCUT2D eigenvalue weighted by Gasteiger charge is 2.09. The van der Waals surface area contributed by atoms with E-state index in [2.05, 4.69) is 52.7 Å². The van der Waals surface area contributed by atoms with Crippen LogP contribution < -0.4 is 0 Å². The van der Waals surface area contributed by atoms with Gasteiger partial charge >= 0.3 is 0 Å². The number of aryl methyl sites for hydroxylation is 1. The van der Waals surface area contributed by atoms with E-state index in [0.29, 0.717) is 0 Å². The molecule has 0 saturated heterocycles. The van der Waals surface area contributed by atoms with E-state index in [0.717, 1.165) is 27.0 Å². The molecule has 2 heterocycles. The van der Waals surface area contributed by atoms with Crippen molar-refractivity contribution in [1.29, 1.82) is 0 Å².